The van der Waals surface area contributed by atoms with E-state index in [2.05, 4.69) is 24.0 Å². The lowest BCUT2D eigenvalue weighted by Crippen LogP contribution is -3.00. The fourth-order valence-electron chi connectivity index (χ4n) is 2.03. The molecule has 4 heteroatoms. The minimum Gasteiger partial charge on any atom is -1.00 e. The molecule has 0 aliphatic heterocycles. The summed E-state index contributed by atoms with van der Waals surface area (Å²) in [6, 6.07) is 10.2. The van der Waals surface area contributed by atoms with E-state index in [1.54, 1.807) is 0 Å². The van der Waals surface area contributed by atoms with Crippen molar-refractivity contribution in [3.8, 4) is 11.5 Å². The fourth-order valence-corrected chi connectivity index (χ4v) is 2.03. The Bertz CT molecular complexity index is 706. The minimum absolute atomic E-state index is 0. The number of aromatic nitrogens is 2. The van der Waals surface area contributed by atoms with Crippen LogP contribution in [0.2, 0.25) is 0 Å². The van der Waals surface area contributed by atoms with E-state index in [1.165, 1.54) is 5.56 Å². The number of oxazole rings is 1. The Morgan fingerprint density at radius 3 is 2.84 bits per heavy atom. The number of halogens is 1. The van der Waals surface area contributed by atoms with Crippen molar-refractivity contribution in [2.75, 3.05) is 0 Å². The largest absolute Gasteiger partial charge is 1.00 e. The van der Waals surface area contributed by atoms with Crippen LogP contribution in [0.25, 0.3) is 22.6 Å². The van der Waals surface area contributed by atoms with Crippen molar-refractivity contribution >= 4 is 11.1 Å². The van der Waals surface area contributed by atoms with Crippen LogP contribution >= 0.6 is 0 Å². The average Bonchev–Trinajstić information content (AvgIpc) is 2.81. The quantitative estimate of drug-likeness (QED) is 0.468. The molecule has 0 radical (unpaired) electrons. The van der Waals surface area contributed by atoms with Crippen LogP contribution < -0.4 is 28.5 Å². The summed E-state index contributed by atoms with van der Waals surface area (Å²) in [4.78, 5) is 4.55. The monoisotopic (exact) mass is 366 g/mol. The molecule has 0 spiro atoms. The molecule has 98 valence electrons. The van der Waals surface area contributed by atoms with Crippen LogP contribution in [-0.4, -0.2) is 4.98 Å². The van der Waals surface area contributed by atoms with E-state index < -0.39 is 0 Å². The summed E-state index contributed by atoms with van der Waals surface area (Å²) in [5.41, 5.74) is 4.04. The standard InChI is InChI=1S/C15H15N2O.HI/c1-3-11-6-7-14-13(9-11)16-15(18-14)12-5-4-8-17(2)10-12;/h4-10H,3H2,1-2H3;1H/q+1;/p-1. The Kier molecular flexibility index (Phi) is 4.19. The molecule has 3 nitrogen and oxygen atoms in total. The summed E-state index contributed by atoms with van der Waals surface area (Å²) in [6.45, 7) is 2.14. The highest BCUT2D eigenvalue weighted by molar-refractivity contribution is 5.76. The topological polar surface area (TPSA) is 29.9 Å². The van der Waals surface area contributed by atoms with Gasteiger partial charge in [0.25, 0.3) is 0 Å². The van der Waals surface area contributed by atoms with Crippen molar-refractivity contribution < 1.29 is 33.0 Å². The molecule has 3 aromatic rings. The van der Waals surface area contributed by atoms with Gasteiger partial charge in [-0.15, -0.1) is 0 Å². The van der Waals surface area contributed by atoms with Crippen LogP contribution in [0.4, 0.5) is 0 Å². The molecule has 0 amide bonds. The second-order valence-corrected chi connectivity index (χ2v) is 4.43. The van der Waals surface area contributed by atoms with Gasteiger partial charge in [-0.25, -0.2) is 9.55 Å². The van der Waals surface area contributed by atoms with Gasteiger partial charge in [-0.1, -0.05) is 13.0 Å². The normalized spacial score (nSPS) is 10.4. The number of pyridine rings is 1. The Balaban J connectivity index is 0.00000133. The predicted octanol–water partition coefficient (Wildman–Crippen LogP) is -0.114. The molecule has 1 aromatic carbocycles. The first-order chi connectivity index (χ1) is 8.76. The molecular formula is C15H15IN2O. The van der Waals surface area contributed by atoms with Gasteiger partial charge >= 0.3 is 0 Å². The SMILES string of the molecule is CCc1ccc2oc(-c3ccc[n+](C)c3)nc2c1.[I-]. The maximum absolute atomic E-state index is 5.78. The van der Waals surface area contributed by atoms with Crippen molar-refractivity contribution in [3.63, 3.8) is 0 Å². The van der Waals surface area contributed by atoms with Gasteiger partial charge in [-0.3, -0.25) is 0 Å². The third-order valence-corrected chi connectivity index (χ3v) is 3.05. The van der Waals surface area contributed by atoms with E-state index in [0.29, 0.717) is 5.89 Å². The molecule has 19 heavy (non-hydrogen) atoms. The zero-order chi connectivity index (χ0) is 12.5. The number of hydrogen-bond acceptors (Lipinski definition) is 2. The predicted molar refractivity (Wildman–Crippen MR) is 70.0 cm³/mol. The number of hydrogen-bond donors (Lipinski definition) is 0. The second kappa shape index (κ2) is 5.69. The molecule has 0 aliphatic carbocycles. The molecule has 0 saturated heterocycles. The Hall–Kier alpha value is -1.43. The Labute approximate surface area is 129 Å². The minimum atomic E-state index is 0. The van der Waals surface area contributed by atoms with Crippen molar-refractivity contribution in [2.24, 2.45) is 7.05 Å². The molecule has 0 fully saturated rings. The summed E-state index contributed by atoms with van der Waals surface area (Å²) in [7, 11) is 1.99. The summed E-state index contributed by atoms with van der Waals surface area (Å²) < 4.78 is 7.77. The average molecular weight is 366 g/mol. The highest BCUT2D eigenvalue weighted by Gasteiger charge is 2.10. The molecule has 2 aromatic heterocycles. The van der Waals surface area contributed by atoms with Crippen molar-refractivity contribution in [1.29, 1.82) is 0 Å². The van der Waals surface area contributed by atoms with Crippen LogP contribution in [0.5, 0.6) is 0 Å². The zero-order valence-electron chi connectivity index (χ0n) is 10.9. The van der Waals surface area contributed by atoms with Crippen LogP contribution in [0.1, 0.15) is 12.5 Å². The van der Waals surface area contributed by atoms with Gasteiger partial charge in [0.1, 0.15) is 18.1 Å². The maximum Gasteiger partial charge on any atom is 0.233 e. The lowest BCUT2D eigenvalue weighted by Gasteiger charge is -1.92. The lowest BCUT2D eigenvalue weighted by molar-refractivity contribution is -0.671. The Morgan fingerprint density at radius 2 is 2.11 bits per heavy atom. The van der Waals surface area contributed by atoms with E-state index in [-0.39, 0.29) is 24.0 Å². The molecule has 0 bridgehead atoms. The summed E-state index contributed by atoms with van der Waals surface area (Å²) in [6.07, 6.45) is 5.01. The molecule has 0 aliphatic rings. The van der Waals surface area contributed by atoms with E-state index in [9.17, 15) is 0 Å². The smallest absolute Gasteiger partial charge is 0.233 e. The molecule has 2 heterocycles. The van der Waals surface area contributed by atoms with E-state index in [1.807, 2.05) is 42.2 Å². The van der Waals surface area contributed by atoms with E-state index >= 15 is 0 Å². The second-order valence-electron chi connectivity index (χ2n) is 4.43. The summed E-state index contributed by atoms with van der Waals surface area (Å²) in [5, 5.41) is 0. The first kappa shape index (κ1) is 14.0. The van der Waals surface area contributed by atoms with Gasteiger partial charge < -0.3 is 28.4 Å². The molecule has 3 rings (SSSR count). The van der Waals surface area contributed by atoms with Crippen LogP contribution in [-0.2, 0) is 13.5 Å². The van der Waals surface area contributed by atoms with Gasteiger partial charge in [-0.05, 0) is 30.2 Å². The van der Waals surface area contributed by atoms with Gasteiger partial charge in [0.05, 0.1) is 0 Å². The van der Waals surface area contributed by atoms with E-state index in [4.69, 9.17) is 4.42 Å². The fraction of sp³-hybridized carbons (Fsp3) is 0.200. The number of aryl methyl sites for hydroxylation is 2. The zero-order valence-corrected chi connectivity index (χ0v) is 13.1. The van der Waals surface area contributed by atoms with Crippen molar-refractivity contribution in [1.82, 2.24) is 4.98 Å². The summed E-state index contributed by atoms with van der Waals surface area (Å²) >= 11 is 0. The Morgan fingerprint density at radius 1 is 1.26 bits per heavy atom. The van der Waals surface area contributed by atoms with Crippen LogP contribution in [0.15, 0.2) is 47.1 Å². The van der Waals surface area contributed by atoms with Crippen LogP contribution in [0.3, 0.4) is 0 Å². The van der Waals surface area contributed by atoms with Crippen LogP contribution in [0, 0.1) is 0 Å². The highest BCUT2D eigenvalue weighted by atomic mass is 127. The molecule has 0 atom stereocenters. The van der Waals surface area contributed by atoms with Gasteiger partial charge in [-0.2, -0.15) is 0 Å². The third-order valence-electron chi connectivity index (χ3n) is 3.05. The number of rotatable bonds is 2. The van der Waals surface area contributed by atoms with Gasteiger partial charge in [0.15, 0.2) is 18.0 Å². The number of benzene rings is 1. The first-order valence-corrected chi connectivity index (χ1v) is 6.11. The highest BCUT2D eigenvalue weighted by Crippen LogP contribution is 2.24. The van der Waals surface area contributed by atoms with Gasteiger partial charge in [0.2, 0.25) is 5.89 Å². The maximum atomic E-state index is 5.78. The van der Waals surface area contributed by atoms with Gasteiger partial charge in [0, 0.05) is 6.07 Å². The van der Waals surface area contributed by atoms with E-state index in [0.717, 1.165) is 23.1 Å². The number of fused-ring (bicyclic) bond motifs is 1. The third kappa shape index (κ3) is 2.78. The molecule has 0 N–H and O–H groups in total. The molecule has 0 saturated carbocycles. The van der Waals surface area contributed by atoms with Crippen molar-refractivity contribution in [2.45, 2.75) is 13.3 Å². The van der Waals surface area contributed by atoms with Crippen molar-refractivity contribution in [3.05, 3.63) is 48.3 Å². The molecular weight excluding hydrogens is 351 g/mol. The lowest BCUT2D eigenvalue weighted by atomic mass is 10.1. The number of nitrogens with zero attached hydrogens (tertiary/aromatic N) is 2. The first-order valence-electron chi connectivity index (χ1n) is 6.11. The summed E-state index contributed by atoms with van der Waals surface area (Å²) in [5.74, 6) is 0.675. The molecule has 0 unspecified atom stereocenters.